The van der Waals surface area contributed by atoms with Gasteiger partial charge in [0.1, 0.15) is 10.8 Å². The van der Waals surface area contributed by atoms with Gasteiger partial charge in [-0.1, -0.05) is 18.5 Å². The Morgan fingerprint density at radius 2 is 2.24 bits per heavy atom. The Balaban J connectivity index is 2.67. The van der Waals surface area contributed by atoms with E-state index in [4.69, 9.17) is 16.7 Å². The topological polar surface area (TPSA) is 92.2 Å². The zero-order chi connectivity index (χ0) is 12.8. The summed E-state index contributed by atoms with van der Waals surface area (Å²) in [5.41, 5.74) is 0.0707. The molecule has 6 nitrogen and oxygen atoms in total. The van der Waals surface area contributed by atoms with Crippen LogP contribution in [0.25, 0.3) is 0 Å². The molecular formula is C10H12ClN3O3. The molecule has 1 unspecified atom stereocenters. The summed E-state index contributed by atoms with van der Waals surface area (Å²) in [6, 6.07) is -0.430. The first kappa shape index (κ1) is 13.4. The molecule has 0 saturated heterocycles. The third-order valence-corrected chi connectivity index (χ3v) is 2.27. The van der Waals surface area contributed by atoms with Crippen molar-refractivity contribution in [3.05, 3.63) is 23.2 Å². The summed E-state index contributed by atoms with van der Waals surface area (Å²) in [5, 5.41) is 11.3. The standard InChI is InChI=1S/C10H12ClN3O3/c1-2-6(3-9(15)16)13-10(17)7-4-12-5-8(11)14-7/h4-6H,2-3H2,1H3,(H,13,17)(H,15,16). The summed E-state index contributed by atoms with van der Waals surface area (Å²) in [5.74, 6) is -1.44. The van der Waals surface area contributed by atoms with Crippen LogP contribution >= 0.6 is 11.6 Å². The van der Waals surface area contributed by atoms with Crippen molar-refractivity contribution in [2.45, 2.75) is 25.8 Å². The maximum absolute atomic E-state index is 11.7. The minimum Gasteiger partial charge on any atom is -0.481 e. The minimum atomic E-state index is -0.964. The molecule has 1 heterocycles. The molecule has 0 spiro atoms. The summed E-state index contributed by atoms with van der Waals surface area (Å²) in [7, 11) is 0. The molecule has 2 N–H and O–H groups in total. The van der Waals surface area contributed by atoms with Gasteiger partial charge in [-0.25, -0.2) is 4.98 Å². The lowest BCUT2D eigenvalue weighted by atomic mass is 10.1. The lowest BCUT2D eigenvalue weighted by molar-refractivity contribution is -0.137. The number of aliphatic carboxylic acids is 1. The van der Waals surface area contributed by atoms with Gasteiger partial charge in [0, 0.05) is 6.04 Å². The van der Waals surface area contributed by atoms with Gasteiger partial charge in [-0.05, 0) is 6.42 Å². The molecule has 0 radical (unpaired) electrons. The van der Waals surface area contributed by atoms with Crippen LogP contribution in [0.1, 0.15) is 30.3 Å². The number of hydrogen-bond acceptors (Lipinski definition) is 4. The number of carbonyl (C=O) groups is 2. The van der Waals surface area contributed by atoms with Gasteiger partial charge >= 0.3 is 5.97 Å². The van der Waals surface area contributed by atoms with Crippen molar-refractivity contribution in [1.82, 2.24) is 15.3 Å². The fraction of sp³-hybridized carbons (Fsp3) is 0.400. The number of hydrogen-bond donors (Lipinski definition) is 2. The predicted octanol–water partition coefficient (Wildman–Crippen LogP) is 1.11. The Bertz CT molecular complexity index is 425. The van der Waals surface area contributed by atoms with Crippen molar-refractivity contribution in [2.75, 3.05) is 0 Å². The van der Waals surface area contributed by atoms with E-state index in [0.717, 1.165) is 0 Å². The highest BCUT2D eigenvalue weighted by molar-refractivity contribution is 6.29. The number of halogens is 1. The van der Waals surface area contributed by atoms with Gasteiger partial charge in [0.15, 0.2) is 0 Å². The number of carboxylic acid groups (broad SMARTS) is 1. The first-order valence-corrected chi connectivity index (χ1v) is 5.41. The molecule has 0 saturated carbocycles. The normalized spacial score (nSPS) is 11.9. The maximum atomic E-state index is 11.7. The number of rotatable bonds is 5. The second-order valence-electron chi connectivity index (χ2n) is 3.40. The van der Waals surface area contributed by atoms with Crippen LogP contribution in [0.3, 0.4) is 0 Å². The van der Waals surface area contributed by atoms with Gasteiger partial charge < -0.3 is 10.4 Å². The number of nitrogens with zero attached hydrogens (tertiary/aromatic N) is 2. The first-order chi connectivity index (χ1) is 8.02. The van der Waals surface area contributed by atoms with E-state index in [1.165, 1.54) is 12.4 Å². The second kappa shape index (κ2) is 6.15. The zero-order valence-corrected chi connectivity index (χ0v) is 9.94. The van der Waals surface area contributed by atoms with Crippen LogP contribution < -0.4 is 5.32 Å². The third kappa shape index (κ3) is 4.36. The van der Waals surface area contributed by atoms with E-state index in [0.29, 0.717) is 6.42 Å². The lowest BCUT2D eigenvalue weighted by Crippen LogP contribution is -2.36. The fourth-order valence-corrected chi connectivity index (χ4v) is 1.37. The van der Waals surface area contributed by atoms with Crippen LogP contribution in [0, 0.1) is 0 Å². The lowest BCUT2D eigenvalue weighted by Gasteiger charge is -2.14. The molecule has 1 aromatic heterocycles. The van der Waals surface area contributed by atoms with Crippen molar-refractivity contribution in [2.24, 2.45) is 0 Å². The van der Waals surface area contributed by atoms with Crippen LogP contribution in [0.5, 0.6) is 0 Å². The molecule has 0 aliphatic heterocycles. The van der Waals surface area contributed by atoms with E-state index in [1.54, 1.807) is 6.92 Å². The summed E-state index contributed by atoms with van der Waals surface area (Å²) in [4.78, 5) is 29.7. The Hall–Kier alpha value is -1.69. The molecule has 1 atom stereocenters. The molecule has 0 aromatic carbocycles. The average molecular weight is 258 g/mol. The second-order valence-corrected chi connectivity index (χ2v) is 3.79. The van der Waals surface area contributed by atoms with Crippen LogP contribution in [0.4, 0.5) is 0 Å². The van der Waals surface area contributed by atoms with Crippen molar-refractivity contribution in [3.63, 3.8) is 0 Å². The van der Waals surface area contributed by atoms with Gasteiger partial charge in [-0.2, -0.15) is 0 Å². The highest BCUT2D eigenvalue weighted by atomic mass is 35.5. The minimum absolute atomic E-state index is 0.0707. The van der Waals surface area contributed by atoms with E-state index >= 15 is 0 Å². The van der Waals surface area contributed by atoms with Crippen LogP contribution in [0.15, 0.2) is 12.4 Å². The molecule has 17 heavy (non-hydrogen) atoms. The molecule has 92 valence electrons. The van der Waals surface area contributed by atoms with Crippen molar-refractivity contribution >= 4 is 23.5 Å². The maximum Gasteiger partial charge on any atom is 0.305 e. The Morgan fingerprint density at radius 3 is 2.76 bits per heavy atom. The molecular weight excluding hydrogens is 246 g/mol. The number of carbonyl (C=O) groups excluding carboxylic acids is 1. The van der Waals surface area contributed by atoms with Crippen LogP contribution in [-0.4, -0.2) is 33.0 Å². The quantitative estimate of drug-likeness (QED) is 0.824. The van der Waals surface area contributed by atoms with E-state index in [-0.39, 0.29) is 17.3 Å². The van der Waals surface area contributed by atoms with Crippen molar-refractivity contribution < 1.29 is 14.7 Å². The van der Waals surface area contributed by atoms with Crippen molar-refractivity contribution in [3.8, 4) is 0 Å². The summed E-state index contributed by atoms with van der Waals surface area (Å²) < 4.78 is 0. The Kier molecular flexibility index (Phi) is 4.84. The smallest absolute Gasteiger partial charge is 0.305 e. The zero-order valence-electron chi connectivity index (χ0n) is 9.18. The first-order valence-electron chi connectivity index (χ1n) is 5.03. The van der Waals surface area contributed by atoms with E-state index in [2.05, 4.69) is 15.3 Å². The molecule has 0 bridgehead atoms. The number of nitrogens with one attached hydrogen (secondary N) is 1. The van der Waals surface area contributed by atoms with Crippen LogP contribution in [0.2, 0.25) is 5.15 Å². The number of carboxylic acids is 1. The summed E-state index contributed by atoms with van der Waals surface area (Å²) in [6.45, 7) is 1.79. The molecule has 0 aliphatic rings. The van der Waals surface area contributed by atoms with Gasteiger partial charge in [-0.3, -0.25) is 14.6 Å². The monoisotopic (exact) mass is 257 g/mol. The molecule has 7 heteroatoms. The van der Waals surface area contributed by atoms with Crippen LogP contribution in [-0.2, 0) is 4.79 Å². The molecule has 1 amide bonds. The van der Waals surface area contributed by atoms with Gasteiger partial charge in [0.2, 0.25) is 0 Å². The van der Waals surface area contributed by atoms with Gasteiger partial charge in [-0.15, -0.1) is 0 Å². The number of aromatic nitrogens is 2. The Morgan fingerprint density at radius 1 is 1.53 bits per heavy atom. The summed E-state index contributed by atoms with van der Waals surface area (Å²) in [6.07, 6.45) is 2.98. The van der Waals surface area contributed by atoms with E-state index in [1.807, 2.05) is 0 Å². The number of amides is 1. The van der Waals surface area contributed by atoms with Crippen molar-refractivity contribution in [1.29, 1.82) is 0 Å². The summed E-state index contributed by atoms with van der Waals surface area (Å²) >= 11 is 5.60. The van der Waals surface area contributed by atoms with Gasteiger partial charge in [0.25, 0.3) is 5.91 Å². The van der Waals surface area contributed by atoms with Gasteiger partial charge in [0.05, 0.1) is 18.8 Å². The highest BCUT2D eigenvalue weighted by Gasteiger charge is 2.16. The molecule has 0 fully saturated rings. The average Bonchev–Trinajstić information content (AvgIpc) is 2.27. The molecule has 0 aliphatic carbocycles. The van der Waals surface area contributed by atoms with E-state index < -0.39 is 17.9 Å². The largest absolute Gasteiger partial charge is 0.481 e. The SMILES string of the molecule is CCC(CC(=O)O)NC(=O)c1cncc(Cl)n1. The fourth-order valence-electron chi connectivity index (χ4n) is 1.22. The predicted molar refractivity (Wildman–Crippen MR) is 60.8 cm³/mol. The Labute approximate surface area is 103 Å². The third-order valence-electron chi connectivity index (χ3n) is 2.09. The molecule has 1 rings (SSSR count). The van der Waals surface area contributed by atoms with E-state index in [9.17, 15) is 9.59 Å². The molecule has 1 aromatic rings. The highest BCUT2D eigenvalue weighted by Crippen LogP contribution is 2.04.